The van der Waals surface area contributed by atoms with E-state index in [1.165, 1.54) is 11.3 Å². The van der Waals surface area contributed by atoms with Gasteiger partial charge in [-0.15, -0.1) is 0 Å². The summed E-state index contributed by atoms with van der Waals surface area (Å²) in [7, 11) is 2.09. The highest BCUT2D eigenvalue weighted by atomic mass is 16.4. The zero-order valence-electron chi connectivity index (χ0n) is 11.7. The Morgan fingerprint density at radius 3 is 2.79 bits per heavy atom. The van der Waals surface area contributed by atoms with Gasteiger partial charge in [0.1, 0.15) is 0 Å². The molecular weight excluding hydrogens is 240 g/mol. The second kappa shape index (κ2) is 6.06. The van der Waals surface area contributed by atoms with Crippen molar-refractivity contribution < 1.29 is 9.90 Å². The summed E-state index contributed by atoms with van der Waals surface area (Å²) in [5.74, 6) is -0.707. The lowest BCUT2D eigenvalue weighted by atomic mass is 10.1. The number of piperazine rings is 1. The van der Waals surface area contributed by atoms with Gasteiger partial charge >= 0.3 is 5.97 Å². The first-order valence-electron chi connectivity index (χ1n) is 6.80. The van der Waals surface area contributed by atoms with Gasteiger partial charge in [-0.25, -0.2) is 0 Å². The van der Waals surface area contributed by atoms with Gasteiger partial charge in [0, 0.05) is 37.8 Å². The van der Waals surface area contributed by atoms with Crippen molar-refractivity contribution in [2.45, 2.75) is 25.8 Å². The minimum absolute atomic E-state index is 0.247. The van der Waals surface area contributed by atoms with Crippen molar-refractivity contribution in [1.29, 1.82) is 0 Å². The smallest absolute Gasteiger partial charge is 0.303 e. The number of carboxylic acids is 1. The lowest BCUT2D eigenvalue weighted by molar-refractivity contribution is -0.137. The molecular formula is C15H22N2O2. The van der Waals surface area contributed by atoms with Crippen LogP contribution in [0.1, 0.15) is 18.4 Å². The van der Waals surface area contributed by atoms with E-state index in [2.05, 4.69) is 48.0 Å². The molecule has 104 valence electrons. The van der Waals surface area contributed by atoms with Crippen molar-refractivity contribution >= 4 is 11.7 Å². The molecule has 1 fully saturated rings. The van der Waals surface area contributed by atoms with Crippen LogP contribution < -0.4 is 4.90 Å². The fraction of sp³-hybridized carbons (Fsp3) is 0.533. The number of benzene rings is 1. The lowest BCUT2D eigenvalue weighted by Crippen LogP contribution is -2.51. The van der Waals surface area contributed by atoms with Crippen LogP contribution in [0, 0.1) is 6.92 Å². The van der Waals surface area contributed by atoms with Gasteiger partial charge in [0.15, 0.2) is 0 Å². The minimum Gasteiger partial charge on any atom is -0.481 e. The molecule has 4 nitrogen and oxygen atoms in total. The molecule has 1 aromatic carbocycles. The summed E-state index contributed by atoms with van der Waals surface area (Å²) in [6.45, 7) is 5.03. The molecule has 1 saturated heterocycles. The topological polar surface area (TPSA) is 43.8 Å². The first-order chi connectivity index (χ1) is 9.08. The third-order valence-corrected chi connectivity index (χ3v) is 3.92. The zero-order chi connectivity index (χ0) is 13.8. The van der Waals surface area contributed by atoms with Gasteiger partial charge in [-0.1, -0.05) is 18.2 Å². The van der Waals surface area contributed by atoms with E-state index >= 15 is 0 Å². The molecule has 0 bridgehead atoms. The van der Waals surface area contributed by atoms with E-state index in [4.69, 9.17) is 5.11 Å². The van der Waals surface area contributed by atoms with Gasteiger partial charge in [-0.2, -0.15) is 0 Å². The SMILES string of the molecule is Cc1ccccc1N1CCN(C)C(CCC(=O)O)C1. The largest absolute Gasteiger partial charge is 0.481 e. The van der Waals surface area contributed by atoms with E-state index in [0.29, 0.717) is 12.5 Å². The molecule has 1 N–H and O–H groups in total. The van der Waals surface area contributed by atoms with E-state index in [0.717, 1.165) is 19.6 Å². The predicted molar refractivity (Wildman–Crippen MR) is 76.7 cm³/mol. The molecule has 0 amide bonds. The normalized spacial score (nSPS) is 20.5. The molecule has 0 aliphatic carbocycles. The van der Waals surface area contributed by atoms with Crippen molar-refractivity contribution in [2.75, 3.05) is 31.6 Å². The third-order valence-electron chi connectivity index (χ3n) is 3.92. The van der Waals surface area contributed by atoms with Crippen LogP contribution >= 0.6 is 0 Å². The third kappa shape index (κ3) is 3.47. The van der Waals surface area contributed by atoms with E-state index in [1.54, 1.807) is 0 Å². The van der Waals surface area contributed by atoms with Gasteiger partial charge in [-0.3, -0.25) is 9.69 Å². The fourth-order valence-electron chi connectivity index (χ4n) is 2.68. The first-order valence-corrected chi connectivity index (χ1v) is 6.80. The second-order valence-electron chi connectivity index (χ2n) is 5.30. The Kier molecular flexibility index (Phi) is 4.43. The Labute approximate surface area is 114 Å². The van der Waals surface area contributed by atoms with Crippen molar-refractivity contribution in [3.8, 4) is 0 Å². The van der Waals surface area contributed by atoms with E-state index in [9.17, 15) is 4.79 Å². The summed E-state index contributed by atoms with van der Waals surface area (Å²) in [6.07, 6.45) is 0.963. The minimum atomic E-state index is -0.707. The number of carboxylic acid groups (broad SMARTS) is 1. The fourth-order valence-corrected chi connectivity index (χ4v) is 2.68. The number of para-hydroxylation sites is 1. The molecule has 1 unspecified atom stereocenters. The maximum Gasteiger partial charge on any atom is 0.303 e. The Balaban J connectivity index is 2.04. The van der Waals surface area contributed by atoms with Gasteiger partial charge in [0.2, 0.25) is 0 Å². The summed E-state index contributed by atoms with van der Waals surface area (Å²) < 4.78 is 0. The number of carbonyl (C=O) groups is 1. The summed E-state index contributed by atoms with van der Waals surface area (Å²) >= 11 is 0. The second-order valence-corrected chi connectivity index (χ2v) is 5.30. The maximum atomic E-state index is 10.7. The van der Waals surface area contributed by atoms with Crippen LogP contribution in [-0.2, 0) is 4.79 Å². The molecule has 1 aliphatic rings. The monoisotopic (exact) mass is 262 g/mol. The van der Waals surface area contributed by atoms with E-state index in [-0.39, 0.29) is 6.42 Å². The molecule has 0 radical (unpaired) electrons. The quantitative estimate of drug-likeness (QED) is 0.901. The number of aryl methyl sites for hydroxylation is 1. The van der Waals surface area contributed by atoms with Crippen LogP contribution in [0.5, 0.6) is 0 Å². The van der Waals surface area contributed by atoms with E-state index in [1.807, 2.05) is 0 Å². The number of anilines is 1. The molecule has 1 atom stereocenters. The van der Waals surface area contributed by atoms with Crippen LogP contribution in [0.4, 0.5) is 5.69 Å². The van der Waals surface area contributed by atoms with Gasteiger partial charge in [0.05, 0.1) is 0 Å². The Bertz CT molecular complexity index is 448. The Hall–Kier alpha value is -1.55. The summed E-state index contributed by atoms with van der Waals surface area (Å²) in [5.41, 5.74) is 2.56. The number of hydrogen-bond acceptors (Lipinski definition) is 3. The van der Waals surface area contributed by atoms with Crippen LogP contribution in [0.15, 0.2) is 24.3 Å². The summed E-state index contributed by atoms with van der Waals surface area (Å²) in [5, 5.41) is 8.83. The molecule has 1 aromatic rings. The number of aliphatic carboxylic acids is 1. The van der Waals surface area contributed by atoms with Gasteiger partial charge in [0.25, 0.3) is 0 Å². The Morgan fingerprint density at radius 2 is 2.11 bits per heavy atom. The number of nitrogens with zero attached hydrogens (tertiary/aromatic N) is 2. The molecule has 0 saturated carbocycles. The average molecular weight is 262 g/mol. The highest BCUT2D eigenvalue weighted by Crippen LogP contribution is 2.23. The highest BCUT2D eigenvalue weighted by molar-refractivity contribution is 5.66. The predicted octanol–water partition coefficient (Wildman–Crippen LogP) is 1.98. The van der Waals surface area contributed by atoms with Crippen molar-refractivity contribution in [3.63, 3.8) is 0 Å². The van der Waals surface area contributed by atoms with E-state index < -0.39 is 5.97 Å². The number of hydrogen-bond donors (Lipinski definition) is 1. The molecule has 1 heterocycles. The van der Waals surface area contributed by atoms with Crippen LogP contribution in [0.3, 0.4) is 0 Å². The van der Waals surface area contributed by atoms with Crippen molar-refractivity contribution in [1.82, 2.24) is 4.90 Å². The van der Waals surface area contributed by atoms with Crippen LogP contribution in [-0.4, -0.2) is 48.7 Å². The van der Waals surface area contributed by atoms with Crippen LogP contribution in [0.25, 0.3) is 0 Å². The molecule has 0 spiro atoms. The highest BCUT2D eigenvalue weighted by Gasteiger charge is 2.25. The molecule has 4 heteroatoms. The summed E-state index contributed by atoms with van der Waals surface area (Å²) in [4.78, 5) is 15.4. The average Bonchev–Trinajstić information content (AvgIpc) is 2.38. The molecule has 1 aliphatic heterocycles. The lowest BCUT2D eigenvalue weighted by Gasteiger charge is -2.41. The maximum absolute atomic E-state index is 10.7. The van der Waals surface area contributed by atoms with Crippen LogP contribution in [0.2, 0.25) is 0 Å². The Morgan fingerprint density at radius 1 is 1.37 bits per heavy atom. The number of rotatable bonds is 4. The van der Waals surface area contributed by atoms with Gasteiger partial charge < -0.3 is 10.0 Å². The van der Waals surface area contributed by atoms with Crippen molar-refractivity contribution in [3.05, 3.63) is 29.8 Å². The standard InChI is InChI=1S/C15H22N2O2/c1-12-5-3-4-6-14(12)17-10-9-16(2)13(11-17)7-8-15(18)19/h3-6,13H,7-11H2,1-2H3,(H,18,19). The zero-order valence-corrected chi connectivity index (χ0v) is 11.7. The molecule has 2 rings (SSSR count). The molecule has 0 aromatic heterocycles. The van der Waals surface area contributed by atoms with Gasteiger partial charge in [-0.05, 0) is 32.0 Å². The molecule has 19 heavy (non-hydrogen) atoms. The number of likely N-dealkylation sites (N-methyl/N-ethyl adjacent to an activating group) is 1. The van der Waals surface area contributed by atoms with Crippen molar-refractivity contribution in [2.24, 2.45) is 0 Å². The first kappa shape index (κ1) is 13.9. The summed E-state index contributed by atoms with van der Waals surface area (Å²) in [6, 6.07) is 8.71.